The summed E-state index contributed by atoms with van der Waals surface area (Å²) in [6.45, 7) is 3.90. The summed E-state index contributed by atoms with van der Waals surface area (Å²) in [5, 5.41) is 20.3. The van der Waals surface area contributed by atoms with Crippen molar-refractivity contribution in [3.05, 3.63) is 29.8 Å². The molecule has 0 atom stereocenters. The molecule has 6 nitrogen and oxygen atoms in total. The highest BCUT2D eigenvalue weighted by Gasteiger charge is 2.16. The molecule has 0 bridgehead atoms. The summed E-state index contributed by atoms with van der Waals surface area (Å²) >= 11 is 0. The molecule has 0 aliphatic heterocycles. The second kappa shape index (κ2) is 7.49. The first-order valence-corrected chi connectivity index (χ1v) is 6.43. The van der Waals surface area contributed by atoms with Gasteiger partial charge in [-0.3, -0.25) is 4.79 Å². The van der Waals surface area contributed by atoms with Crippen LogP contribution in [-0.4, -0.2) is 46.3 Å². The van der Waals surface area contributed by atoms with Gasteiger partial charge in [-0.05, 0) is 31.5 Å². The Labute approximate surface area is 118 Å². The second-order valence-corrected chi connectivity index (χ2v) is 4.71. The lowest BCUT2D eigenvalue weighted by atomic mass is 10.1. The van der Waals surface area contributed by atoms with Crippen LogP contribution in [0.5, 0.6) is 0 Å². The lowest BCUT2D eigenvalue weighted by Crippen LogP contribution is -2.41. The maximum absolute atomic E-state index is 12.0. The summed E-state index contributed by atoms with van der Waals surface area (Å²) in [6, 6.07) is 6.33. The molecule has 0 radical (unpaired) electrons. The van der Waals surface area contributed by atoms with Crippen LogP contribution in [0.1, 0.15) is 19.4 Å². The Morgan fingerprint density at radius 1 is 1.25 bits per heavy atom. The fourth-order valence-electron chi connectivity index (χ4n) is 1.78. The molecule has 20 heavy (non-hydrogen) atoms. The fraction of sp³-hybridized carbons (Fsp3) is 0.429. The highest BCUT2D eigenvalue weighted by molar-refractivity contribution is 5.89. The largest absolute Gasteiger partial charge is 0.481 e. The maximum atomic E-state index is 12.0. The average molecular weight is 280 g/mol. The van der Waals surface area contributed by atoms with E-state index in [4.69, 9.17) is 10.2 Å². The summed E-state index contributed by atoms with van der Waals surface area (Å²) < 4.78 is 0. The van der Waals surface area contributed by atoms with Crippen LogP contribution in [-0.2, 0) is 11.2 Å². The van der Waals surface area contributed by atoms with Crippen molar-refractivity contribution in [2.45, 2.75) is 26.3 Å². The van der Waals surface area contributed by atoms with Gasteiger partial charge in [0.1, 0.15) is 0 Å². The summed E-state index contributed by atoms with van der Waals surface area (Å²) in [5.74, 6) is -0.893. The van der Waals surface area contributed by atoms with Crippen LogP contribution in [0.2, 0.25) is 0 Å². The fourth-order valence-corrected chi connectivity index (χ4v) is 1.78. The Morgan fingerprint density at radius 3 is 2.30 bits per heavy atom. The number of aliphatic hydroxyl groups is 1. The van der Waals surface area contributed by atoms with Crippen molar-refractivity contribution in [3.8, 4) is 0 Å². The Morgan fingerprint density at radius 2 is 1.85 bits per heavy atom. The van der Waals surface area contributed by atoms with E-state index in [1.165, 1.54) is 4.90 Å². The number of urea groups is 1. The van der Waals surface area contributed by atoms with Gasteiger partial charge in [-0.2, -0.15) is 0 Å². The molecule has 0 aliphatic rings. The normalized spacial score (nSPS) is 10.4. The Bertz CT molecular complexity index is 457. The number of carbonyl (C=O) groups is 2. The van der Waals surface area contributed by atoms with Crippen molar-refractivity contribution in [2.75, 3.05) is 18.5 Å². The van der Waals surface area contributed by atoms with E-state index in [9.17, 15) is 9.59 Å². The van der Waals surface area contributed by atoms with Gasteiger partial charge in [0.2, 0.25) is 0 Å². The molecule has 0 spiro atoms. The third-order valence-corrected chi connectivity index (χ3v) is 2.79. The molecule has 1 aromatic rings. The highest BCUT2D eigenvalue weighted by atomic mass is 16.4. The molecule has 0 unspecified atom stereocenters. The molecule has 1 rings (SSSR count). The number of nitrogens with one attached hydrogen (secondary N) is 1. The zero-order chi connectivity index (χ0) is 15.1. The summed E-state index contributed by atoms with van der Waals surface area (Å²) in [6.07, 6.45) is -0.0448. The quantitative estimate of drug-likeness (QED) is 0.737. The van der Waals surface area contributed by atoms with Crippen LogP contribution in [0.25, 0.3) is 0 Å². The van der Waals surface area contributed by atoms with Crippen LogP contribution in [0.4, 0.5) is 10.5 Å². The van der Waals surface area contributed by atoms with E-state index >= 15 is 0 Å². The number of aliphatic hydroxyl groups excluding tert-OH is 1. The Balaban J connectivity index is 2.67. The SMILES string of the molecule is CC(C)N(CCO)C(=O)Nc1ccc(CC(=O)O)cc1. The average Bonchev–Trinajstić information content (AvgIpc) is 2.37. The smallest absolute Gasteiger partial charge is 0.322 e. The maximum Gasteiger partial charge on any atom is 0.322 e. The Hall–Kier alpha value is -2.08. The van der Waals surface area contributed by atoms with Gasteiger partial charge in [0.25, 0.3) is 0 Å². The topological polar surface area (TPSA) is 89.9 Å². The van der Waals surface area contributed by atoms with Crippen LogP contribution in [0.15, 0.2) is 24.3 Å². The number of anilines is 1. The van der Waals surface area contributed by atoms with Crippen molar-refractivity contribution < 1.29 is 19.8 Å². The third-order valence-electron chi connectivity index (χ3n) is 2.79. The first kappa shape index (κ1) is 16.0. The number of rotatable bonds is 6. The molecule has 6 heteroatoms. The second-order valence-electron chi connectivity index (χ2n) is 4.71. The van der Waals surface area contributed by atoms with Crippen molar-refractivity contribution in [2.24, 2.45) is 0 Å². The van der Waals surface area contributed by atoms with E-state index in [-0.39, 0.29) is 31.6 Å². The van der Waals surface area contributed by atoms with Gasteiger partial charge >= 0.3 is 12.0 Å². The predicted octanol–water partition coefficient (Wildman–Crippen LogP) is 1.55. The number of carbonyl (C=O) groups excluding carboxylic acids is 1. The van der Waals surface area contributed by atoms with Gasteiger partial charge in [0, 0.05) is 18.3 Å². The molecule has 110 valence electrons. The molecule has 0 saturated heterocycles. The molecule has 0 saturated carbocycles. The van der Waals surface area contributed by atoms with Crippen LogP contribution in [0, 0.1) is 0 Å². The molecule has 3 N–H and O–H groups in total. The zero-order valence-electron chi connectivity index (χ0n) is 11.7. The number of benzene rings is 1. The van der Waals surface area contributed by atoms with Gasteiger partial charge in [-0.1, -0.05) is 12.1 Å². The van der Waals surface area contributed by atoms with E-state index in [0.29, 0.717) is 11.3 Å². The van der Waals surface area contributed by atoms with E-state index in [1.54, 1.807) is 24.3 Å². The summed E-state index contributed by atoms with van der Waals surface area (Å²) in [5.41, 5.74) is 1.26. The van der Waals surface area contributed by atoms with E-state index in [1.807, 2.05) is 13.8 Å². The third kappa shape index (κ3) is 4.89. The molecule has 0 fully saturated rings. The van der Waals surface area contributed by atoms with Gasteiger partial charge in [-0.25, -0.2) is 4.79 Å². The summed E-state index contributed by atoms with van der Waals surface area (Å²) in [7, 11) is 0. The number of nitrogens with zero attached hydrogens (tertiary/aromatic N) is 1. The summed E-state index contributed by atoms with van der Waals surface area (Å²) in [4.78, 5) is 24.1. The van der Waals surface area contributed by atoms with Crippen LogP contribution >= 0.6 is 0 Å². The monoisotopic (exact) mass is 280 g/mol. The van der Waals surface area contributed by atoms with Gasteiger partial charge in [0.05, 0.1) is 13.0 Å². The molecule has 0 aromatic heterocycles. The van der Waals surface area contributed by atoms with Gasteiger partial charge < -0.3 is 20.4 Å². The number of amides is 2. The lowest BCUT2D eigenvalue weighted by Gasteiger charge is -2.26. The van der Waals surface area contributed by atoms with Gasteiger partial charge in [-0.15, -0.1) is 0 Å². The predicted molar refractivity (Wildman–Crippen MR) is 75.7 cm³/mol. The van der Waals surface area contributed by atoms with Crippen molar-refractivity contribution in [1.29, 1.82) is 0 Å². The van der Waals surface area contributed by atoms with Crippen molar-refractivity contribution in [1.82, 2.24) is 4.90 Å². The molecule has 1 aromatic carbocycles. The molecular formula is C14H20N2O4. The first-order chi connectivity index (χ1) is 9.43. The van der Waals surface area contributed by atoms with Gasteiger partial charge in [0.15, 0.2) is 0 Å². The van der Waals surface area contributed by atoms with E-state index in [2.05, 4.69) is 5.32 Å². The van der Waals surface area contributed by atoms with E-state index < -0.39 is 5.97 Å². The van der Waals surface area contributed by atoms with Crippen LogP contribution in [0.3, 0.4) is 0 Å². The molecular weight excluding hydrogens is 260 g/mol. The minimum atomic E-state index is -0.893. The molecule has 2 amide bonds. The van der Waals surface area contributed by atoms with Crippen molar-refractivity contribution in [3.63, 3.8) is 0 Å². The first-order valence-electron chi connectivity index (χ1n) is 6.43. The minimum Gasteiger partial charge on any atom is -0.481 e. The molecule has 0 aliphatic carbocycles. The number of carboxylic acid groups (broad SMARTS) is 1. The highest BCUT2D eigenvalue weighted by Crippen LogP contribution is 2.12. The Kier molecular flexibility index (Phi) is 5.99. The lowest BCUT2D eigenvalue weighted by molar-refractivity contribution is -0.136. The zero-order valence-corrected chi connectivity index (χ0v) is 11.7. The van der Waals surface area contributed by atoms with Crippen LogP contribution < -0.4 is 5.32 Å². The van der Waals surface area contributed by atoms with Crippen molar-refractivity contribution >= 4 is 17.7 Å². The minimum absolute atomic E-state index is 0.0200. The standard InChI is InChI=1S/C14H20N2O4/c1-10(2)16(7-8-17)14(20)15-12-5-3-11(4-6-12)9-13(18)19/h3-6,10,17H,7-9H2,1-2H3,(H,15,20)(H,18,19). The number of hydrogen-bond acceptors (Lipinski definition) is 3. The molecule has 0 heterocycles. The van der Waals surface area contributed by atoms with E-state index in [0.717, 1.165) is 0 Å². The number of aliphatic carboxylic acids is 1. The number of hydrogen-bond donors (Lipinski definition) is 3. The number of carboxylic acids is 1.